The Morgan fingerprint density at radius 1 is 1.19 bits per heavy atom. The molecule has 112 valence electrons. The normalized spacial score (nSPS) is 16.6. The number of rotatable bonds is 4. The second-order valence-electron chi connectivity index (χ2n) is 4.58. The van der Waals surface area contributed by atoms with E-state index in [0.29, 0.717) is 0 Å². The van der Waals surface area contributed by atoms with Crippen molar-refractivity contribution in [3.63, 3.8) is 0 Å². The van der Waals surface area contributed by atoms with Crippen LogP contribution in [0.4, 0.5) is 25.1 Å². The lowest BCUT2D eigenvalue weighted by Crippen LogP contribution is -2.39. The van der Waals surface area contributed by atoms with Crippen molar-refractivity contribution in [1.82, 2.24) is 29.7 Å². The van der Waals surface area contributed by atoms with Gasteiger partial charge in [-0.3, -0.25) is 0 Å². The van der Waals surface area contributed by atoms with E-state index < -0.39 is 11.7 Å². The Labute approximate surface area is 116 Å². The summed E-state index contributed by atoms with van der Waals surface area (Å²) in [6.07, 6.45) is -1.75. The van der Waals surface area contributed by atoms with Gasteiger partial charge in [0.15, 0.2) is 0 Å². The van der Waals surface area contributed by atoms with Crippen molar-refractivity contribution in [2.45, 2.75) is 24.6 Å². The summed E-state index contributed by atoms with van der Waals surface area (Å²) in [7, 11) is 1.56. The molecule has 2 aromatic rings. The van der Waals surface area contributed by atoms with Crippen LogP contribution in [-0.2, 0) is 0 Å². The minimum atomic E-state index is -4.35. The maximum Gasteiger partial charge on any atom is 0.411 e. The molecule has 2 N–H and O–H groups in total. The van der Waals surface area contributed by atoms with Crippen LogP contribution in [0, 0.1) is 0 Å². The van der Waals surface area contributed by atoms with Crippen molar-refractivity contribution in [2.75, 3.05) is 17.7 Å². The van der Waals surface area contributed by atoms with Gasteiger partial charge in [-0.2, -0.15) is 37.9 Å². The third-order valence-corrected chi connectivity index (χ3v) is 3.11. The number of anilines is 2. The van der Waals surface area contributed by atoms with Crippen LogP contribution in [0.5, 0.6) is 0 Å². The van der Waals surface area contributed by atoms with Crippen LogP contribution >= 0.6 is 0 Å². The zero-order chi connectivity index (χ0) is 15.1. The standard InChI is InChI=1S/C10H11F3N8/c1-14-6-17-7(20-9(2-3-9)10(11,12)13)19-8(18-6)21-5-15-4-16-21/h4-5H,2-3H2,1H3,(H2,14,17,18,19,20). The molecule has 1 saturated carbocycles. The monoisotopic (exact) mass is 300 g/mol. The Morgan fingerprint density at radius 2 is 1.90 bits per heavy atom. The Kier molecular flexibility index (Phi) is 2.92. The van der Waals surface area contributed by atoms with Crippen molar-refractivity contribution < 1.29 is 13.2 Å². The molecule has 21 heavy (non-hydrogen) atoms. The van der Waals surface area contributed by atoms with E-state index >= 15 is 0 Å². The molecular weight excluding hydrogens is 289 g/mol. The third-order valence-electron chi connectivity index (χ3n) is 3.11. The van der Waals surface area contributed by atoms with Gasteiger partial charge in [-0.05, 0) is 12.8 Å². The van der Waals surface area contributed by atoms with Gasteiger partial charge >= 0.3 is 6.18 Å². The molecule has 0 aromatic carbocycles. The fourth-order valence-electron chi connectivity index (χ4n) is 1.76. The van der Waals surface area contributed by atoms with E-state index in [2.05, 4.69) is 35.7 Å². The van der Waals surface area contributed by atoms with E-state index in [-0.39, 0.29) is 30.7 Å². The molecule has 0 spiro atoms. The van der Waals surface area contributed by atoms with Gasteiger partial charge in [0.1, 0.15) is 18.2 Å². The van der Waals surface area contributed by atoms with Crippen molar-refractivity contribution >= 4 is 11.9 Å². The molecule has 0 radical (unpaired) electrons. The smallest absolute Gasteiger partial charge is 0.357 e. The molecule has 8 nitrogen and oxygen atoms in total. The topological polar surface area (TPSA) is 93.4 Å². The highest BCUT2D eigenvalue weighted by molar-refractivity contribution is 5.42. The van der Waals surface area contributed by atoms with Gasteiger partial charge in [0.25, 0.3) is 5.95 Å². The fraction of sp³-hybridized carbons (Fsp3) is 0.500. The number of hydrogen-bond donors (Lipinski definition) is 2. The summed E-state index contributed by atoms with van der Waals surface area (Å²) in [5.74, 6) is 0.0537. The van der Waals surface area contributed by atoms with Crippen molar-refractivity contribution in [3.8, 4) is 5.95 Å². The highest BCUT2D eigenvalue weighted by Crippen LogP contribution is 2.50. The Hall–Kier alpha value is -2.46. The van der Waals surface area contributed by atoms with E-state index in [9.17, 15) is 13.2 Å². The molecule has 3 rings (SSSR count). The highest BCUT2D eigenvalue weighted by atomic mass is 19.4. The van der Waals surface area contributed by atoms with Crippen LogP contribution in [0.15, 0.2) is 12.7 Å². The molecule has 11 heteroatoms. The predicted molar refractivity (Wildman–Crippen MR) is 65.9 cm³/mol. The Morgan fingerprint density at radius 3 is 2.43 bits per heavy atom. The average Bonchev–Trinajstić information content (AvgIpc) is 3.03. The molecule has 1 fully saturated rings. The molecular formula is C10H11F3N8. The average molecular weight is 300 g/mol. The van der Waals surface area contributed by atoms with E-state index in [1.165, 1.54) is 17.3 Å². The molecule has 0 amide bonds. The van der Waals surface area contributed by atoms with Crippen molar-refractivity contribution in [2.24, 2.45) is 0 Å². The zero-order valence-electron chi connectivity index (χ0n) is 10.9. The van der Waals surface area contributed by atoms with E-state index in [4.69, 9.17) is 0 Å². The quantitative estimate of drug-likeness (QED) is 0.870. The zero-order valence-corrected chi connectivity index (χ0v) is 10.9. The Balaban J connectivity index is 1.94. The lowest BCUT2D eigenvalue weighted by molar-refractivity contribution is -0.151. The maximum atomic E-state index is 13.0. The van der Waals surface area contributed by atoms with Crippen molar-refractivity contribution in [1.29, 1.82) is 0 Å². The minimum absolute atomic E-state index is 0.00424. The van der Waals surface area contributed by atoms with Crippen molar-refractivity contribution in [3.05, 3.63) is 12.7 Å². The molecule has 0 aliphatic heterocycles. The largest absolute Gasteiger partial charge is 0.411 e. The van der Waals surface area contributed by atoms with Gasteiger partial charge < -0.3 is 10.6 Å². The summed E-state index contributed by atoms with van der Waals surface area (Å²) in [5.41, 5.74) is -1.95. The second-order valence-corrected chi connectivity index (χ2v) is 4.58. The van der Waals surface area contributed by atoms with Crippen LogP contribution in [-0.4, -0.2) is 48.5 Å². The third kappa shape index (κ3) is 2.45. The van der Waals surface area contributed by atoms with Crippen LogP contribution in [0.1, 0.15) is 12.8 Å². The van der Waals surface area contributed by atoms with Crippen LogP contribution in [0.25, 0.3) is 5.95 Å². The Bertz CT molecular complexity index is 634. The first-order valence-corrected chi connectivity index (χ1v) is 6.07. The fourth-order valence-corrected chi connectivity index (χ4v) is 1.76. The van der Waals surface area contributed by atoms with E-state index in [0.717, 1.165) is 0 Å². The first kappa shape index (κ1) is 13.5. The maximum absolute atomic E-state index is 13.0. The number of nitrogens with one attached hydrogen (secondary N) is 2. The number of aromatic nitrogens is 6. The van der Waals surface area contributed by atoms with Crippen LogP contribution in [0.2, 0.25) is 0 Å². The summed E-state index contributed by atoms with van der Waals surface area (Å²) in [6, 6.07) is 0. The first-order chi connectivity index (χ1) is 9.93. The lowest BCUT2D eigenvalue weighted by Gasteiger charge is -2.20. The molecule has 2 heterocycles. The number of nitrogens with zero attached hydrogens (tertiary/aromatic N) is 6. The molecule has 0 saturated heterocycles. The van der Waals surface area contributed by atoms with E-state index in [1.807, 2.05) is 0 Å². The van der Waals surface area contributed by atoms with Gasteiger partial charge in [-0.25, -0.2) is 4.98 Å². The summed E-state index contributed by atoms with van der Waals surface area (Å²) in [4.78, 5) is 15.6. The van der Waals surface area contributed by atoms with Crippen LogP contribution in [0.3, 0.4) is 0 Å². The second kappa shape index (κ2) is 4.53. The van der Waals surface area contributed by atoms with Gasteiger partial charge in [0.2, 0.25) is 11.9 Å². The molecule has 0 unspecified atom stereocenters. The molecule has 0 bridgehead atoms. The highest BCUT2D eigenvalue weighted by Gasteiger charge is 2.64. The molecule has 2 aromatic heterocycles. The van der Waals surface area contributed by atoms with Gasteiger partial charge in [-0.15, -0.1) is 0 Å². The predicted octanol–water partition coefficient (Wildman–Crippen LogP) is 1.00. The van der Waals surface area contributed by atoms with Gasteiger partial charge in [-0.1, -0.05) is 0 Å². The number of hydrogen-bond acceptors (Lipinski definition) is 7. The van der Waals surface area contributed by atoms with Crippen LogP contribution < -0.4 is 10.6 Å². The first-order valence-electron chi connectivity index (χ1n) is 6.07. The molecule has 1 aliphatic rings. The minimum Gasteiger partial charge on any atom is -0.357 e. The SMILES string of the molecule is CNc1nc(NC2(C(F)(F)F)CC2)nc(-n2cncn2)n1. The summed E-state index contributed by atoms with van der Waals surface area (Å²) < 4.78 is 40.1. The number of halogens is 3. The van der Waals surface area contributed by atoms with Gasteiger partial charge in [0.05, 0.1) is 0 Å². The number of alkyl halides is 3. The lowest BCUT2D eigenvalue weighted by atomic mass is 10.3. The van der Waals surface area contributed by atoms with Gasteiger partial charge in [0, 0.05) is 7.05 Å². The summed E-state index contributed by atoms with van der Waals surface area (Å²) in [5, 5.41) is 8.87. The molecule has 0 atom stereocenters. The summed E-state index contributed by atoms with van der Waals surface area (Å²) >= 11 is 0. The summed E-state index contributed by atoms with van der Waals surface area (Å²) in [6.45, 7) is 0. The van der Waals surface area contributed by atoms with E-state index in [1.54, 1.807) is 7.05 Å². The molecule has 1 aliphatic carbocycles.